The molecule has 2 aromatic heterocycles. The van der Waals surface area contributed by atoms with Crippen LogP contribution in [0.5, 0.6) is 5.75 Å². The molecule has 8 nitrogen and oxygen atoms in total. The van der Waals surface area contributed by atoms with Crippen molar-refractivity contribution < 1.29 is 9.53 Å². The SMILES string of the molecule is CC(C)N=C(N=CN)c1cn2c(n1)-c1cc(C=O)ncc1OCC2. The summed E-state index contributed by atoms with van der Waals surface area (Å²) in [5, 5.41) is 0. The van der Waals surface area contributed by atoms with Crippen LogP contribution in [0.3, 0.4) is 0 Å². The predicted octanol–water partition coefficient (Wildman–Crippen LogP) is 1.29. The van der Waals surface area contributed by atoms with E-state index in [9.17, 15) is 4.79 Å². The second-order valence-corrected chi connectivity index (χ2v) is 5.54. The molecule has 0 radical (unpaired) electrons. The summed E-state index contributed by atoms with van der Waals surface area (Å²) in [5.41, 5.74) is 7.10. The molecule has 0 amide bonds. The number of carbonyl (C=O) groups excluding carboxylic acids is 1. The van der Waals surface area contributed by atoms with E-state index in [4.69, 9.17) is 10.5 Å². The number of hydrogen-bond donors (Lipinski definition) is 1. The van der Waals surface area contributed by atoms with Crippen molar-refractivity contribution >= 4 is 18.5 Å². The normalized spacial score (nSPS) is 14.2. The maximum atomic E-state index is 11.0. The molecule has 0 aromatic carbocycles. The number of nitrogens with two attached hydrogens (primary N) is 1. The van der Waals surface area contributed by atoms with E-state index in [0.717, 1.165) is 5.56 Å². The topological polar surface area (TPSA) is 108 Å². The number of carbonyl (C=O) groups is 1. The highest BCUT2D eigenvalue weighted by molar-refractivity contribution is 6.01. The molecule has 2 N–H and O–H groups in total. The molecule has 0 bridgehead atoms. The molecule has 1 aliphatic heterocycles. The van der Waals surface area contributed by atoms with Crippen LogP contribution in [-0.4, -0.2) is 45.6 Å². The molecule has 0 saturated carbocycles. The monoisotopic (exact) mass is 326 g/mol. The van der Waals surface area contributed by atoms with Crippen LogP contribution in [0.15, 0.2) is 28.4 Å². The Kier molecular flexibility index (Phi) is 4.37. The third-order valence-electron chi connectivity index (χ3n) is 3.42. The maximum absolute atomic E-state index is 11.0. The fourth-order valence-corrected chi connectivity index (χ4v) is 2.46. The third kappa shape index (κ3) is 3.03. The van der Waals surface area contributed by atoms with Gasteiger partial charge in [-0.2, -0.15) is 0 Å². The largest absolute Gasteiger partial charge is 0.489 e. The number of ether oxygens (including phenoxy) is 1. The third-order valence-corrected chi connectivity index (χ3v) is 3.42. The van der Waals surface area contributed by atoms with Crippen LogP contribution < -0.4 is 10.5 Å². The Balaban J connectivity index is 2.13. The molecule has 2 aromatic rings. The molecule has 0 fully saturated rings. The van der Waals surface area contributed by atoms with Gasteiger partial charge in [-0.3, -0.25) is 9.79 Å². The first-order valence-electron chi connectivity index (χ1n) is 7.60. The van der Waals surface area contributed by atoms with E-state index in [0.29, 0.717) is 48.2 Å². The summed E-state index contributed by atoms with van der Waals surface area (Å²) < 4.78 is 7.64. The number of imidazole rings is 1. The molecular formula is C16H18N6O2. The van der Waals surface area contributed by atoms with Crippen LogP contribution in [0.4, 0.5) is 0 Å². The van der Waals surface area contributed by atoms with Crippen molar-refractivity contribution in [2.24, 2.45) is 15.7 Å². The average molecular weight is 326 g/mol. The minimum absolute atomic E-state index is 0.0618. The highest BCUT2D eigenvalue weighted by Crippen LogP contribution is 2.31. The standard InChI is InChI=1S/C16H18N6O2/c1-10(2)20-15(19-9-17)13-7-22-3-4-24-14-6-18-11(8-23)5-12(14)16(22)21-13/h5-10H,3-4H2,1-2H3,(H2,17,19,20). The lowest BCUT2D eigenvalue weighted by atomic mass is 10.2. The zero-order chi connectivity index (χ0) is 17.1. The minimum atomic E-state index is 0.0618. The van der Waals surface area contributed by atoms with E-state index in [-0.39, 0.29) is 6.04 Å². The quantitative estimate of drug-likeness (QED) is 0.519. The van der Waals surface area contributed by atoms with Gasteiger partial charge in [-0.05, 0) is 19.9 Å². The van der Waals surface area contributed by atoms with Gasteiger partial charge in [0.05, 0.1) is 24.6 Å². The molecule has 24 heavy (non-hydrogen) atoms. The van der Waals surface area contributed by atoms with Gasteiger partial charge in [-0.25, -0.2) is 15.0 Å². The summed E-state index contributed by atoms with van der Waals surface area (Å²) in [5.74, 6) is 1.76. The van der Waals surface area contributed by atoms with Crippen molar-refractivity contribution in [2.45, 2.75) is 26.4 Å². The summed E-state index contributed by atoms with van der Waals surface area (Å²) in [6.07, 6.45) is 5.31. The first-order valence-corrected chi connectivity index (χ1v) is 7.60. The van der Waals surface area contributed by atoms with Gasteiger partial charge in [0, 0.05) is 12.2 Å². The Labute approximate surface area is 139 Å². The Morgan fingerprint density at radius 2 is 2.33 bits per heavy atom. The Bertz CT molecular complexity index is 822. The summed E-state index contributed by atoms with van der Waals surface area (Å²) >= 11 is 0. The van der Waals surface area contributed by atoms with Gasteiger partial charge in [0.1, 0.15) is 29.6 Å². The van der Waals surface area contributed by atoms with Crippen molar-refractivity contribution in [3.05, 3.63) is 29.8 Å². The molecular weight excluding hydrogens is 308 g/mol. The van der Waals surface area contributed by atoms with Gasteiger partial charge < -0.3 is 15.0 Å². The van der Waals surface area contributed by atoms with E-state index in [2.05, 4.69) is 20.0 Å². The minimum Gasteiger partial charge on any atom is -0.489 e. The van der Waals surface area contributed by atoms with Crippen molar-refractivity contribution in [1.82, 2.24) is 14.5 Å². The van der Waals surface area contributed by atoms with Gasteiger partial charge in [0.25, 0.3) is 0 Å². The van der Waals surface area contributed by atoms with Gasteiger partial charge in [-0.1, -0.05) is 0 Å². The first-order chi connectivity index (χ1) is 11.6. The second-order valence-electron chi connectivity index (χ2n) is 5.54. The van der Waals surface area contributed by atoms with Crippen molar-refractivity contribution in [2.75, 3.05) is 6.61 Å². The van der Waals surface area contributed by atoms with E-state index in [1.807, 2.05) is 24.6 Å². The van der Waals surface area contributed by atoms with Gasteiger partial charge in [0.15, 0.2) is 12.1 Å². The van der Waals surface area contributed by atoms with E-state index < -0.39 is 0 Å². The van der Waals surface area contributed by atoms with Crippen LogP contribution in [0.2, 0.25) is 0 Å². The van der Waals surface area contributed by atoms with Gasteiger partial charge in [0.2, 0.25) is 0 Å². The number of fused-ring (bicyclic) bond motifs is 3. The molecule has 3 rings (SSSR count). The smallest absolute Gasteiger partial charge is 0.176 e. The molecule has 0 spiro atoms. The van der Waals surface area contributed by atoms with Gasteiger partial charge >= 0.3 is 0 Å². The number of pyridine rings is 1. The number of hydrogen-bond acceptors (Lipinski definition) is 5. The molecule has 0 atom stereocenters. The fraction of sp³-hybridized carbons (Fsp3) is 0.312. The molecule has 0 unspecified atom stereocenters. The highest BCUT2D eigenvalue weighted by atomic mass is 16.5. The van der Waals surface area contributed by atoms with E-state index in [1.165, 1.54) is 6.34 Å². The number of nitrogens with zero attached hydrogens (tertiary/aromatic N) is 5. The lowest BCUT2D eigenvalue weighted by molar-refractivity contribution is 0.111. The summed E-state index contributed by atoms with van der Waals surface area (Å²) in [7, 11) is 0. The highest BCUT2D eigenvalue weighted by Gasteiger charge is 2.21. The zero-order valence-corrected chi connectivity index (χ0v) is 13.5. The van der Waals surface area contributed by atoms with Gasteiger partial charge in [-0.15, -0.1) is 0 Å². The second kappa shape index (κ2) is 6.61. The number of amidine groups is 1. The molecule has 3 heterocycles. The summed E-state index contributed by atoms with van der Waals surface area (Å²) in [4.78, 5) is 28.3. The Hall–Kier alpha value is -3.03. The van der Waals surface area contributed by atoms with Crippen molar-refractivity contribution in [3.8, 4) is 17.1 Å². The van der Waals surface area contributed by atoms with E-state index >= 15 is 0 Å². The first kappa shape index (κ1) is 15.9. The van der Waals surface area contributed by atoms with Crippen LogP contribution >= 0.6 is 0 Å². The number of aldehydes is 1. The summed E-state index contributed by atoms with van der Waals surface area (Å²) in [6, 6.07) is 1.73. The van der Waals surface area contributed by atoms with E-state index in [1.54, 1.807) is 12.3 Å². The summed E-state index contributed by atoms with van der Waals surface area (Å²) in [6.45, 7) is 5.01. The van der Waals surface area contributed by atoms with Crippen LogP contribution in [0, 0.1) is 0 Å². The molecule has 8 heteroatoms. The van der Waals surface area contributed by atoms with Crippen LogP contribution in [0.1, 0.15) is 30.0 Å². The zero-order valence-electron chi connectivity index (χ0n) is 13.5. The molecule has 0 saturated heterocycles. The molecule has 124 valence electrons. The number of aromatic nitrogens is 3. The average Bonchev–Trinajstić information content (AvgIpc) is 2.91. The Morgan fingerprint density at radius 1 is 1.50 bits per heavy atom. The molecule has 1 aliphatic rings. The lowest BCUT2D eigenvalue weighted by Gasteiger charge is -2.05. The van der Waals surface area contributed by atoms with Crippen molar-refractivity contribution in [1.29, 1.82) is 0 Å². The lowest BCUT2D eigenvalue weighted by Crippen LogP contribution is -2.07. The Morgan fingerprint density at radius 3 is 3.04 bits per heavy atom. The maximum Gasteiger partial charge on any atom is 0.176 e. The van der Waals surface area contributed by atoms with Crippen LogP contribution in [0.25, 0.3) is 11.4 Å². The predicted molar refractivity (Wildman–Crippen MR) is 90.7 cm³/mol. The fourth-order valence-electron chi connectivity index (χ4n) is 2.46. The van der Waals surface area contributed by atoms with Crippen LogP contribution in [-0.2, 0) is 6.54 Å². The number of rotatable bonds is 3. The number of aliphatic imine (C=N–C) groups is 2. The van der Waals surface area contributed by atoms with Crippen molar-refractivity contribution in [3.63, 3.8) is 0 Å². The molecule has 0 aliphatic carbocycles.